The lowest BCUT2D eigenvalue weighted by atomic mass is 10.3. The zero-order valence-electron chi connectivity index (χ0n) is 8.90. The molecule has 1 heterocycles. The van der Waals surface area contributed by atoms with Gasteiger partial charge in [0.1, 0.15) is 0 Å². The lowest BCUT2D eigenvalue weighted by molar-refractivity contribution is 0.190. The second kappa shape index (κ2) is 5.78. The smallest absolute Gasteiger partial charge is 0.0636 e. The number of aryl methyl sites for hydroxylation is 1. The summed E-state index contributed by atoms with van der Waals surface area (Å²) in [5.41, 5.74) is 1.17. The Balaban J connectivity index is 2.37. The van der Waals surface area contributed by atoms with Crippen LogP contribution in [0.1, 0.15) is 26.0 Å². The molecule has 0 aromatic carbocycles. The Hall–Kier alpha value is -0.870. The van der Waals surface area contributed by atoms with Crippen LogP contribution in [0.2, 0.25) is 0 Å². The number of aliphatic hydroxyl groups is 1. The van der Waals surface area contributed by atoms with E-state index in [9.17, 15) is 0 Å². The highest BCUT2D eigenvalue weighted by molar-refractivity contribution is 4.99. The molecule has 0 saturated carbocycles. The highest BCUT2D eigenvalue weighted by atomic mass is 16.3. The monoisotopic (exact) mass is 197 g/mol. The summed E-state index contributed by atoms with van der Waals surface area (Å²) in [6.45, 7) is 6.26. The Labute approximate surface area is 84.9 Å². The van der Waals surface area contributed by atoms with E-state index in [1.807, 2.05) is 16.9 Å². The number of aliphatic hydroxyl groups excluding tert-OH is 1. The minimum Gasteiger partial charge on any atom is -0.392 e. The van der Waals surface area contributed by atoms with E-state index in [0.717, 1.165) is 19.5 Å². The van der Waals surface area contributed by atoms with Crippen LogP contribution in [0.15, 0.2) is 12.3 Å². The summed E-state index contributed by atoms with van der Waals surface area (Å²) >= 11 is 0. The minimum absolute atomic E-state index is 0.294. The Morgan fingerprint density at radius 3 is 3.07 bits per heavy atom. The predicted molar refractivity (Wildman–Crippen MR) is 55.9 cm³/mol. The summed E-state index contributed by atoms with van der Waals surface area (Å²) < 4.78 is 2.00. The molecule has 4 heteroatoms. The van der Waals surface area contributed by atoms with Crippen molar-refractivity contribution in [1.29, 1.82) is 0 Å². The van der Waals surface area contributed by atoms with E-state index in [4.69, 9.17) is 5.11 Å². The molecule has 0 aliphatic carbocycles. The number of aromatic nitrogens is 2. The first kappa shape index (κ1) is 11.2. The number of nitrogens with zero attached hydrogens (tertiary/aromatic N) is 2. The summed E-state index contributed by atoms with van der Waals surface area (Å²) in [7, 11) is 0. The molecule has 0 aliphatic rings. The minimum atomic E-state index is -0.294. The summed E-state index contributed by atoms with van der Waals surface area (Å²) in [5, 5.41) is 16.5. The van der Waals surface area contributed by atoms with E-state index in [1.54, 1.807) is 6.92 Å². The number of rotatable bonds is 6. The van der Waals surface area contributed by atoms with Gasteiger partial charge < -0.3 is 10.4 Å². The van der Waals surface area contributed by atoms with Crippen molar-refractivity contribution in [3.05, 3.63) is 18.0 Å². The van der Waals surface area contributed by atoms with E-state index in [0.29, 0.717) is 6.54 Å². The van der Waals surface area contributed by atoms with Crippen LogP contribution in [0.5, 0.6) is 0 Å². The molecule has 1 atom stereocenters. The van der Waals surface area contributed by atoms with Gasteiger partial charge >= 0.3 is 0 Å². The zero-order chi connectivity index (χ0) is 10.4. The topological polar surface area (TPSA) is 50.1 Å². The molecule has 14 heavy (non-hydrogen) atoms. The number of hydrogen-bond acceptors (Lipinski definition) is 3. The summed E-state index contributed by atoms with van der Waals surface area (Å²) in [5.74, 6) is 0. The predicted octanol–water partition coefficient (Wildman–Crippen LogP) is 0.763. The van der Waals surface area contributed by atoms with Gasteiger partial charge in [-0.15, -0.1) is 0 Å². The lowest BCUT2D eigenvalue weighted by Crippen LogP contribution is -2.25. The average molecular weight is 197 g/mol. The first-order valence-corrected chi connectivity index (χ1v) is 5.13. The van der Waals surface area contributed by atoms with Gasteiger partial charge in [0.25, 0.3) is 0 Å². The molecule has 0 saturated heterocycles. The first-order valence-electron chi connectivity index (χ1n) is 5.13. The third-order valence-corrected chi connectivity index (χ3v) is 1.99. The van der Waals surface area contributed by atoms with Crippen molar-refractivity contribution in [2.75, 3.05) is 6.54 Å². The molecule has 4 nitrogen and oxygen atoms in total. The Morgan fingerprint density at radius 2 is 2.43 bits per heavy atom. The molecule has 1 rings (SSSR count). The maximum atomic E-state index is 9.07. The fraction of sp³-hybridized carbons (Fsp3) is 0.700. The first-order chi connectivity index (χ1) is 6.74. The molecule has 80 valence electrons. The van der Waals surface area contributed by atoms with Gasteiger partial charge in [-0.25, -0.2) is 0 Å². The van der Waals surface area contributed by atoms with Crippen LogP contribution in [0.25, 0.3) is 0 Å². The molecule has 0 amide bonds. The summed E-state index contributed by atoms with van der Waals surface area (Å²) in [6.07, 6.45) is 2.61. The van der Waals surface area contributed by atoms with Crippen molar-refractivity contribution in [3.63, 3.8) is 0 Å². The summed E-state index contributed by atoms with van der Waals surface area (Å²) in [4.78, 5) is 0. The quantitative estimate of drug-likeness (QED) is 0.708. The normalized spacial score (nSPS) is 13.1. The molecule has 1 aromatic rings. The maximum Gasteiger partial charge on any atom is 0.0636 e. The average Bonchev–Trinajstić information content (AvgIpc) is 2.53. The molecular formula is C10H19N3O. The summed E-state index contributed by atoms with van der Waals surface area (Å²) in [6, 6.07) is 2.00. The van der Waals surface area contributed by atoms with Crippen LogP contribution in [0.4, 0.5) is 0 Å². The van der Waals surface area contributed by atoms with E-state index in [2.05, 4.69) is 17.3 Å². The molecule has 1 aromatic heterocycles. The van der Waals surface area contributed by atoms with Gasteiger partial charge in [-0.05, 0) is 19.4 Å². The van der Waals surface area contributed by atoms with E-state index < -0.39 is 0 Å². The van der Waals surface area contributed by atoms with Gasteiger partial charge in [0, 0.05) is 25.8 Å². The van der Waals surface area contributed by atoms with Gasteiger partial charge in [0.15, 0.2) is 0 Å². The molecule has 0 fully saturated rings. The fourth-order valence-electron chi connectivity index (χ4n) is 1.33. The van der Waals surface area contributed by atoms with Crippen molar-refractivity contribution in [2.45, 2.75) is 39.5 Å². The van der Waals surface area contributed by atoms with Gasteiger partial charge in [0.05, 0.1) is 11.8 Å². The molecule has 0 bridgehead atoms. The largest absolute Gasteiger partial charge is 0.392 e. The Kier molecular flexibility index (Phi) is 4.62. The van der Waals surface area contributed by atoms with Crippen LogP contribution in [-0.4, -0.2) is 27.5 Å². The van der Waals surface area contributed by atoms with Crippen molar-refractivity contribution < 1.29 is 5.11 Å². The third kappa shape index (κ3) is 3.47. The number of nitrogens with one attached hydrogen (secondary N) is 1. The van der Waals surface area contributed by atoms with Crippen molar-refractivity contribution in [3.8, 4) is 0 Å². The highest BCUT2D eigenvalue weighted by Crippen LogP contribution is 1.99. The van der Waals surface area contributed by atoms with Crippen LogP contribution >= 0.6 is 0 Å². The molecule has 2 N–H and O–H groups in total. The maximum absolute atomic E-state index is 9.07. The van der Waals surface area contributed by atoms with Gasteiger partial charge in [-0.3, -0.25) is 4.68 Å². The van der Waals surface area contributed by atoms with Crippen molar-refractivity contribution >= 4 is 0 Å². The second-order valence-electron chi connectivity index (χ2n) is 3.53. The third-order valence-electron chi connectivity index (χ3n) is 1.99. The van der Waals surface area contributed by atoms with Gasteiger partial charge in [-0.1, -0.05) is 6.92 Å². The van der Waals surface area contributed by atoms with Crippen molar-refractivity contribution in [1.82, 2.24) is 15.1 Å². The molecule has 0 aliphatic heterocycles. The number of hydrogen-bond donors (Lipinski definition) is 2. The molecule has 0 spiro atoms. The molecule has 0 radical (unpaired) electrons. The van der Waals surface area contributed by atoms with Gasteiger partial charge in [-0.2, -0.15) is 5.10 Å². The van der Waals surface area contributed by atoms with Gasteiger partial charge in [0.2, 0.25) is 0 Å². The van der Waals surface area contributed by atoms with E-state index >= 15 is 0 Å². The lowest BCUT2D eigenvalue weighted by Gasteiger charge is -2.08. The molecular weight excluding hydrogens is 178 g/mol. The van der Waals surface area contributed by atoms with Crippen LogP contribution in [0, 0.1) is 0 Å². The zero-order valence-corrected chi connectivity index (χ0v) is 8.90. The van der Waals surface area contributed by atoms with Crippen LogP contribution in [-0.2, 0) is 13.1 Å². The van der Waals surface area contributed by atoms with E-state index in [1.165, 1.54) is 5.69 Å². The van der Waals surface area contributed by atoms with Crippen LogP contribution < -0.4 is 5.32 Å². The fourth-order valence-corrected chi connectivity index (χ4v) is 1.33. The van der Waals surface area contributed by atoms with E-state index in [-0.39, 0.29) is 6.10 Å². The van der Waals surface area contributed by atoms with Crippen LogP contribution in [0.3, 0.4) is 0 Å². The Bertz CT molecular complexity index is 258. The highest BCUT2D eigenvalue weighted by Gasteiger charge is 2.01. The van der Waals surface area contributed by atoms with Crippen molar-refractivity contribution in [2.24, 2.45) is 0 Å². The SMILES string of the molecule is CCCn1nccc1CNCC(C)O. The second-order valence-corrected chi connectivity index (χ2v) is 3.53. The molecule has 1 unspecified atom stereocenters. The standard InChI is InChI=1S/C10H19N3O/c1-3-6-13-10(4-5-12-13)8-11-7-9(2)14/h4-5,9,11,14H,3,6-8H2,1-2H3. The Morgan fingerprint density at radius 1 is 1.64 bits per heavy atom.